The number of amides is 1. The summed E-state index contributed by atoms with van der Waals surface area (Å²) in [6.45, 7) is 2.59. The number of nitrogens with one attached hydrogen (secondary N) is 1. The summed E-state index contributed by atoms with van der Waals surface area (Å²) in [5, 5.41) is 11.6. The highest BCUT2D eigenvalue weighted by molar-refractivity contribution is 5.93. The molecule has 0 aliphatic heterocycles. The Balaban J connectivity index is 1.70. The molecule has 0 radical (unpaired) electrons. The predicted molar refractivity (Wildman–Crippen MR) is 104 cm³/mol. The lowest BCUT2D eigenvalue weighted by Gasteiger charge is -2.17. The van der Waals surface area contributed by atoms with E-state index >= 15 is 0 Å². The van der Waals surface area contributed by atoms with Crippen molar-refractivity contribution >= 4 is 11.7 Å². The third-order valence-electron chi connectivity index (χ3n) is 4.47. The number of benzene rings is 2. The van der Waals surface area contributed by atoms with Crippen LogP contribution in [0.1, 0.15) is 35.2 Å². The average molecular weight is 364 g/mol. The second-order valence-corrected chi connectivity index (χ2v) is 6.26. The zero-order valence-corrected chi connectivity index (χ0v) is 15.0. The third-order valence-corrected chi connectivity index (χ3v) is 4.47. The molecule has 1 unspecified atom stereocenters. The molecule has 3 N–H and O–H groups in total. The fourth-order valence-corrected chi connectivity index (χ4v) is 2.92. The largest absolute Gasteiger partial charge is 0.368 e. The summed E-state index contributed by atoms with van der Waals surface area (Å²) in [5.74, 6) is -0.0247. The van der Waals surface area contributed by atoms with E-state index < -0.39 is 5.91 Å². The van der Waals surface area contributed by atoms with Crippen molar-refractivity contribution in [3.63, 3.8) is 0 Å². The van der Waals surface area contributed by atoms with E-state index in [-0.39, 0.29) is 11.7 Å². The minimum absolute atomic E-state index is 0.0416. The van der Waals surface area contributed by atoms with E-state index in [9.17, 15) is 9.18 Å². The van der Waals surface area contributed by atoms with Crippen LogP contribution in [0.4, 0.5) is 10.2 Å². The van der Waals surface area contributed by atoms with Crippen molar-refractivity contribution in [2.75, 3.05) is 11.9 Å². The third kappa shape index (κ3) is 4.47. The van der Waals surface area contributed by atoms with Gasteiger partial charge in [-0.1, -0.05) is 37.3 Å². The van der Waals surface area contributed by atoms with E-state index in [1.54, 1.807) is 24.3 Å². The van der Waals surface area contributed by atoms with Gasteiger partial charge in [0, 0.05) is 23.6 Å². The van der Waals surface area contributed by atoms with Gasteiger partial charge in [0.1, 0.15) is 11.6 Å². The first kappa shape index (κ1) is 18.5. The van der Waals surface area contributed by atoms with E-state index in [1.165, 1.54) is 6.07 Å². The van der Waals surface area contributed by atoms with E-state index in [2.05, 4.69) is 15.5 Å². The van der Waals surface area contributed by atoms with Gasteiger partial charge in [0.2, 0.25) is 5.91 Å². The first-order chi connectivity index (χ1) is 13.1. The molecule has 0 bridgehead atoms. The SMILES string of the molecule is CCC(CNc1ccc(-c2cccc(C(N)=O)c2)nn1)c1ccccc1F. The van der Waals surface area contributed by atoms with Crippen LogP contribution in [0.25, 0.3) is 11.3 Å². The number of nitrogens with zero attached hydrogens (tertiary/aromatic N) is 2. The Morgan fingerprint density at radius 3 is 2.59 bits per heavy atom. The molecule has 0 spiro atoms. The molecule has 1 heterocycles. The van der Waals surface area contributed by atoms with Crippen LogP contribution in [0, 0.1) is 5.82 Å². The number of nitrogens with two attached hydrogens (primary N) is 1. The maximum Gasteiger partial charge on any atom is 0.248 e. The number of anilines is 1. The second-order valence-electron chi connectivity index (χ2n) is 6.26. The number of carbonyl (C=O) groups is 1. The average Bonchev–Trinajstić information content (AvgIpc) is 2.70. The summed E-state index contributed by atoms with van der Waals surface area (Å²) in [6, 6.07) is 17.4. The molecule has 3 aromatic rings. The van der Waals surface area contributed by atoms with Crippen molar-refractivity contribution in [2.24, 2.45) is 5.73 Å². The maximum atomic E-state index is 14.0. The number of rotatable bonds is 7. The van der Waals surface area contributed by atoms with Crippen molar-refractivity contribution in [2.45, 2.75) is 19.3 Å². The van der Waals surface area contributed by atoms with E-state index in [4.69, 9.17) is 5.73 Å². The van der Waals surface area contributed by atoms with Crippen molar-refractivity contribution < 1.29 is 9.18 Å². The number of hydrogen-bond donors (Lipinski definition) is 2. The van der Waals surface area contributed by atoms with Crippen molar-refractivity contribution in [3.8, 4) is 11.3 Å². The van der Waals surface area contributed by atoms with Crippen LogP contribution >= 0.6 is 0 Å². The van der Waals surface area contributed by atoms with Crippen LogP contribution in [0.3, 0.4) is 0 Å². The molecule has 3 rings (SSSR count). The highest BCUT2D eigenvalue weighted by Gasteiger charge is 2.14. The molecule has 0 saturated heterocycles. The smallest absolute Gasteiger partial charge is 0.248 e. The van der Waals surface area contributed by atoms with Crippen molar-refractivity contribution in [1.82, 2.24) is 10.2 Å². The maximum absolute atomic E-state index is 14.0. The number of halogens is 1. The fraction of sp³-hybridized carbons (Fsp3) is 0.190. The summed E-state index contributed by atoms with van der Waals surface area (Å²) in [7, 11) is 0. The fourth-order valence-electron chi connectivity index (χ4n) is 2.92. The Bertz CT molecular complexity index is 927. The van der Waals surface area contributed by atoms with Gasteiger partial charge in [0.15, 0.2) is 0 Å². The lowest BCUT2D eigenvalue weighted by Crippen LogP contribution is -2.14. The molecule has 5 nitrogen and oxygen atoms in total. The lowest BCUT2D eigenvalue weighted by atomic mass is 9.96. The monoisotopic (exact) mass is 364 g/mol. The molecule has 2 aromatic carbocycles. The van der Waals surface area contributed by atoms with Gasteiger partial charge in [0.05, 0.1) is 5.69 Å². The Morgan fingerprint density at radius 2 is 1.93 bits per heavy atom. The normalized spacial score (nSPS) is 11.8. The summed E-state index contributed by atoms with van der Waals surface area (Å²) in [4.78, 5) is 11.3. The second kappa shape index (κ2) is 8.40. The Kier molecular flexibility index (Phi) is 5.76. The molecule has 27 heavy (non-hydrogen) atoms. The lowest BCUT2D eigenvalue weighted by molar-refractivity contribution is 0.100. The van der Waals surface area contributed by atoms with Crippen LogP contribution in [0.15, 0.2) is 60.7 Å². The van der Waals surface area contributed by atoms with Crippen LogP contribution in [0.2, 0.25) is 0 Å². The molecule has 1 atom stereocenters. The molecule has 1 amide bonds. The summed E-state index contributed by atoms with van der Waals surface area (Å²) in [5.41, 5.74) is 7.84. The summed E-state index contributed by atoms with van der Waals surface area (Å²) < 4.78 is 14.0. The highest BCUT2D eigenvalue weighted by atomic mass is 19.1. The number of carbonyl (C=O) groups excluding carboxylic acids is 1. The number of primary amides is 1. The van der Waals surface area contributed by atoms with E-state index in [0.717, 1.165) is 12.0 Å². The zero-order valence-electron chi connectivity index (χ0n) is 15.0. The Hall–Kier alpha value is -3.28. The molecule has 138 valence electrons. The van der Waals surface area contributed by atoms with E-state index in [1.807, 2.05) is 37.3 Å². The van der Waals surface area contributed by atoms with Crippen molar-refractivity contribution in [1.29, 1.82) is 0 Å². The summed E-state index contributed by atoms with van der Waals surface area (Å²) >= 11 is 0. The number of hydrogen-bond acceptors (Lipinski definition) is 4. The molecule has 0 saturated carbocycles. The first-order valence-corrected chi connectivity index (χ1v) is 8.80. The minimum atomic E-state index is -0.484. The predicted octanol–water partition coefficient (Wildman–Crippen LogP) is 3.99. The van der Waals surface area contributed by atoms with Crippen LogP contribution in [0.5, 0.6) is 0 Å². The molecule has 6 heteroatoms. The van der Waals surface area contributed by atoms with Gasteiger partial charge < -0.3 is 11.1 Å². The van der Waals surface area contributed by atoms with Crippen LogP contribution in [-0.4, -0.2) is 22.6 Å². The van der Waals surface area contributed by atoms with Gasteiger partial charge >= 0.3 is 0 Å². The van der Waals surface area contributed by atoms with E-state index in [0.29, 0.717) is 29.2 Å². The number of aromatic nitrogens is 2. The molecular weight excluding hydrogens is 343 g/mol. The molecule has 0 aliphatic rings. The van der Waals surface area contributed by atoms with Crippen molar-refractivity contribution in [3.05, 3.63) is 77.6 Å². The van der Waals surface area contributed by atoms with Gasteiger partial charge in [-0.05, 0) is 42.3 Å². The zero-order chi connectivity index (χ0) is 19.2. The van der Waals surface area contributed by atoms with Crippen LogP contribution < -0.4 is 11.1 Å². The quantitative estimate of drug-likeness (QED) is 0.664. The van der Waals surface area contributed by atoms with Gasteiger partial charge in [-0.3, -0.25) is 4.79 Å². The Morgan fingerprint density at radius 1 is 1.11 bits per heavy atom. The standard InChI is InChI=1S/C21H21FN4O/c1-2-14(17-8-3-4-9-18(17)22)13-24-20-11-10-19(25-26-20)15-6-5-7-16(12-15)21(23)27/h3-12,14H,2,13H2,1H3,(H2,23,27)(H,24,26). The summed E-state index contributed by atoms with van der Waals surface area (Å²) in [6.07, 6.45) is 0.805. The molecular formula is C21H21FN4O. The van der Waals surface area contributed by atoms with Gasteiger partial charge in [-0.15, -0.1) is 10.2 Å². The van der Waals surface area contributed by atoms with Gasteiger partial charge in [0.25, 0.3) is 0 Å². The molecule has 1 aromatic heterocycles. The minimum Gasteiger partial charge on any atom is -0.368 e. The van der Waals surface area contributed by atoms with Gasteiger partial charge in [-0.2, -0.15) is 0 Å². The topological polar surface area (TPSA) is 80.9 Å². The van der Waals surface area contributed by atoms with Gasteiger partial charge in [-0.25, -0.2) is 4.39 Å². The first-order valence-electron chi connectivity index (χ1n) is 8.80. The molecule has 0 fully saturated rings. The highest BCUT2D eigenvalue weighted by Crippen LogP contribution is 2.23. The van der Waals surface area contributed by atoms with Crippen LogP contribution in [-0.2, 0) is 0 Å². The molecule has 0 aliphatic carbocycles. The Labute approximate surface area is 157 Å².